The van der Waals surface area contributed by atoms with E-state index in [9.17, 15) is 8.42 Å². The lowest BCUT2D eigenvalue weighted by molar-refractivity contribution is 0.431. The topological polar surface area (TPSA) is 37.4 Å². The molecule has 0 bridgehead atoms. The third-order valence-electron chi connectivity index (χ3n) is 3.91. The lowest BCUT2D eigenvalue weighted by Gasteiger charge is -2.16. The maximum atomic E-state index is 12.8. The van der Waals surface area contributed by atoms with Crippen molar-refractivity contribution >= 4 is 21.6 Å². The Hall–Kier alpha value is -1.36. The minimum atomic E-state index is -3.48. The average molecular weight is 322 g/mol. The predicted molar refractivity (Wildman–Crippen MR) is 83.6 cm³/mol. The number of aryl methyl sites for hydroxylation is 1. The van der Waals surface area contributed by atoms with Crippen molar-refractivity contribution in [1.29, 1.82) is 0 Å². The van der Waals surface area contributed by atoms with E-state index in [1.165, 1.54) is 4.31 Å². The molecule has 0 saturated carbocycles. The highest BCUT2D eigenvalue weighted by molar-refractivity contribution is 7.89. The zero-order valence-corrected chi connectivity index (χ0v) is 13.3. The lowest BCUT2D eigenvalue weighted by Crippen LogP contribution is -2.25. The first kappa shape index (κ1) is 14.6. The number of sulfonamides is 1. The van der Waals surface area contributed by atoms with Gasteiger partial charge in [-0.25, -0.2) is 8.42 Å². The Bertz CT molecular complexity index is 762. The van der Waals surface area contributed by atoms with Gasteiger partial charge in [0, 0.05) is 19.0 Å². The second-order valence-corrected chi connectivity index (χ2v) is 7.47. The normalized spacial score (nSPS) is 15.1. The quantitative estimate of drug-likeness (QED) is 0.812. The third kappa shape index (κ3) is 2.59. The van der Waals surface area contributed by atoms with E-state index in [0.717, 1.165) is 22.3 Å². The Morgan fingerprint density at radius 3 is 2.29 bits per heavy atom. The number of hydrogen-bond donors (Lipinski definition) is 0. The van der Waals surface area contributed by atoms with Crippen LogP contribution >= 0.6 is 11.6 Å². The Balaban J connectivity index is 1.96. The highest BCUT2D eigenvalue weighted by atomic mass is 35.5. The highest BCUT2D eigenvalue weighted by Crippen LogP contribution is 2.29. The lowest BCUT2D eigenvalue weighted by atomic mass is 10.1. The van der Waals surface area contributed by atoms with Crippen LogP contribution in [0.15, 0.2) is 47.4 Å². The van der Waals surface area contributed by atoms with Crippen molar-refractivity contribution in [3.8, 4) is 0 Å². The summed E-state index contributed by atoms with van der Waals surface area (Å²) in [7, 11) is -3.48. The van der Waals surface area contributed by atoms with Crippen molar-refractivity contribution in [2.24, 2.45) is 0 Å². The second-order valence-electron chi connectivity index (χ2n) is 5.26. The summed E-state index contributed by atoms with van der Waals surface area (Å²) in [5, 5.41) is 0. The largest absolute Gasteiger partial charge is 0.243 e. The minimum absolute atomic E-state index is 0.315. The Morgan fingerprint density at radius 1 is 1.10 bits per heavy atom. The van der Waals surface area contributed by atoms with Gasteiger partial charge >= 0.3 is 0 Å². The van der Waals surface area contributed by atoms with Crippen LogP contribution in [0.4, 0.5) is 0 Å². The molecule has 3 rings (SSSR count). The zero-order chi connectivity index (χ0) is 15.0. The molecule has 0 N–H and O–H groups in total. The van der Waals surface area contributed by atoms with Gasteiger partial charge in [0.15, 0.2) is 0 Å². The smallest absolute Gasteiger partial charge is 0.207 e. The summed E-state index contributed by atoms with van der Waals surface area (Å²) >= 11 is 5.88. The molecule has 0 saturated heterocycles. The van der Waals surface area contributed by atoms with Crippen molar-refractivity contribution in [1.82, 2.24) is 4.31 Å². The van der Waals surface area contributed by atoms with Crippen LogP contribution in [-0.2, 0) is 29.0 Å². The van der Waals surface area contributed by atoms with E-state index in [2.05, 4.69) is 0 Å². The number of alkyl halides is 1. The van der Waals surface area contributed by atoms with Crippen LogP contribution in [0.25, 0.3) is 0 Å². The van der Waals surface area contributed by atoms with Gasteiger partial charge in [0.25, 0.3) is 0 Å². The molecule has 0 atom stereocenters. The number of rotatable bonds is 3. The third-order valence-corrected chi connectivity index (χ3v) is 5.99. The van der Waals surface area contributed by atoms with Gasteiger partial charge < -0.3 is 0 Å². The van der Waals surface area contributed by atoms with Crippen LogP contribution < -0.4 is 0 Å². The fourth-order valence-corrected chi connectivity index (χ4v) is 4.31. The van der Waals surface area contributed by atoms with Gasteiger partial charge in [0.05, 0.1) is 4.90 Å². The SMILES string of the molecule is Cc1ccc(S(=O)(=O)N2Cc3ccccc3C2)cc1CCl. The van der Waals surface area contributed by atoms with E-state index in [4.69, 9.17) is 11.6 Å². The van der Waals surface area contributed by atoms with Crippen LogP contribution in [0.2, 0.25) is 0 Å². The molecule has 0 amide bonds. The van der Waals surface area contributed by atoms with Gasteiger partial charge in [-0.2, -0.15) is 4.31 Å². The van der Waals surface area contributed by atoms with Crippen molar-refractivity contribution in [2.75, 3.05) is 0 Å². The molecule has 0 spiro atoms. The molecular formula is C16H16ClNO2S. The second kappa shape index (κ2) is 5.44. The summed E-state index contributed by atoms with van der Waals surface area (Å²) in [6, 6.07) is 13.0. The fraction of sp³-hybridized carbons (Fsp3) is 0.250. The fourth-order valence-electron chi connectivity index (χ4n) is 2.57. The van der Waals surface area contributed by atoms with Crippen LogP contribution in [0.1, 0.15) is 22.3 Å². The average Bonchev–Trinajstić information content (AvgIpc) is 2.92. The Kier molecular flexibility index (Phi) is 3.78. The van der Waals surface area contributed by atoms with Crippen LogP contribution in [0.3, 0.4) is 0 Å². The monoisotopic (exact) mass is 321 g/mol. The maximum Gasteiger partial charge on any atom is 0.243 e. The number of halogens is 1. The molecule has 2 aromatic carbocycles. The van der Waals surface area contributed by atoms with Gasteiger partial charge in [-0.15, -0.1) is 11.6 Å². The van der Waals surface area contributed by atoms with Gasteiger partial charge in [0.2, 0.25) is 10.0 Å². The van der Waals surface area contributed by atoms with Gasteiger partial charge in [-0.1, -0.05) is 30.3 Å². The molecular weight excluding hydrogens is 306 g/mol. The van der Waals surface area contributed by atoms with Crippen LogP contribution in [0.5, 0.6) is 0 Å². The standard InChI is InChI=1S/C16H16ClNO2S/c1-12-6-7-16(8-15(12)9-17)21(19,20)18-10-13-4-2-3-5-14(13)11-18/h2-8H,9-11H2,1H3. The van der Waals surface area contributed by atoms with E-state index in [1.807, 2.05) is 37.3 Å². The van der Waals surface area contributed by atoms with E-state index in [-0.39, 0.29) is 0 Å². The van der Waals surface area contributed by atoms with E-state index >= 15 is 0 Å². The van der Waals surface area contributed by atoms with Gasteiger partial charge in [0.1, 0.15) is 0 Å². The number of fused-ring (bicyclic) bond motifs is 1. The molecule has 5 heteroatoms. The minimum Gasteiger partial charge on any atom is -0.207 e. The van der Waals surface area contributed by atoms with Crippen molar-refractivity contribution in [3.05, 3.63) is 64.7 Å². The molecule has 0 aromatic heterocycles. The molecule has 1 aliphatic heterocycles. The molecule has 1 heterocycles. The molecule has 21 heavy (non-hydrogen) atoms. The number of benzene rings is 2. The number of nitrogens with zero attached hydrogens (tertiary/aromatic N) is 1. The van der Waals surface area contributed by atoms with Crippen molar-refractivity contribution in [2.45, 2.75) is 30.8 Å². The first-order chi connectivity index (χ1) is 10.0. The van der Waals surface area contributed by atoms with E-state index < -0.39 is 10.0 Å². The highest BCUT2D eigenvalue weighted by Gasteiger charge is 2.30. The molecule has 0 aliphatic carbocycles. The van der Waals surface area contributed by atoms with Gasteiger partial charge in [-0.3, -0.25) is 0 Å². The summed E-state index contributed by atoms with van der Waals surface area (Å²) in [5.74, 6) is 0.315. The summed E-state index contributed by atoms with van der Waals surface area (Å²) in [5.41, 5.74) is 4.01. The van der Waals surface area contributed by atoms with E-state index in [0.29, 0.717) is 23.9 Å². The van der Waals surface area contributed by atoms with Gasteiger partial charge in [-0.05, 0) is 41.3 Å². The summed E-state index contributed by atoms with van der Waals surface area (Å²) in [6.45, 7) is 2.80. The maximum absolute atomic E-state index is 12.8. The molecule has 0 unspecified atom stereocenters. The van der Waals surface area contributed by atoms with Crippen molar-refractivity contribution < 1.29 is 8.42 Å². The van der Waals surface area contributed by atoms with Crippen LogP contribution in [0, 0.1) is 6.92 Å². The Labute approximate surface area is 130 Å². The molecule has 2 aromatic rings. The van der Waals surface area contributed by atoms with Crippen LogP contribution in [-0.4, -0.2) is 12.7 Å². The molecule has 1 aliphatic rings. The summed E-state index contributed by atoms with van der Waals surface area (Å²) in [6.07, 6.45) is 0. The van der Waals surface area contributed by atoms with Crippen molar-refractivity contribution in [3.63, 3.8) is 0 Å². The predicted octanol–water partition coefficient (Wildman–Crippen LogP) is 3.44. The molecule has 3 nitrogen and oxygen atoms in total. The molecule has 0 radical (unpaired) electrons. The summed E-state index contributed by atoms with van der Waals surface area (Å²) in [4.78, 5) is 0.316. The molecule has 0 fully saturated rings. The number of hydrogen-bond acceptors (Lipinski definition) is 2. The zero-order valence-electron chi connectivity index (χ0n) is 11.7. The Morgan fingerprint density at radius 2 is 1.71 bits per heavy atom. The first-order valence-electron chi connectivity index (χ1n) is 6.75. The summed E-state index contributed by atoms with van der Waals surface area (Å²) < 4.78 is 27.0. The molecule has 110 valence electrons. The van der Waals surface area contributed by atoms with E-state index in [1.54, 1.807) is 12.1 Å². The first-order valence-corrected chi connectivity index (χ1v) is 8.72.